The third kappa shape index (κ3) is 3.42. The normalized spacial score (nSPS) is 18.9. The van der Waals surface area contributed by atoms with Crippen molar-refractivity contribution < 1.29 is 9.90 Å². The van der Waals surface area contributed by atoms with Gasteiger partial charge in [0.2, 0.25) is 5.91 Å². The minimum absolute atomic E-state index is 0.0457. The summed E-state index contributed by atoms with van der Waals surface area (Å²) in [5.74, 6) is 0.0611. The average Bonchev–Trinajstić information content (AvgIpc) is 2.84. The Morgan fingerprint density at radius 3 is 2.96 bits per heavy atom. The van der Waals surface area contributed by atoms with E-state index in [9.17, 15) is 9.90 Å². The third-order valence-corrected chi connectivity index (χ3v) is 4.87. The lowest BCUT2D eigenvalue weighted by Gasteiger charge is -2.24. The first-order chi connectivity index (χ1) is 10.9. The maximum absolute atomic E-state index is 12.1. The monoisotopic (exact) mass is 314 g/mol. The second-order valence-electron chi connectivity index (χ2n) is 7.15. The Kier molecular flexibility index (Phi) is 4.44. The van der Waals surface area contributed by atoms with Crippen molar-refractivity contribution in [3.8, 4) is 0 Å². The van der Waals surface area contributed by atoms with Gasteiger partial charge in [0.25, 0.3) is 0 Å². The van der Waals surface area contributed by atoms with Gasteiger partial charge in [0.1, 0.15) is 0 Å². The lowest BCUT2D eigenvalue weighted by molar-refractivity contribution is -0.124. The third-order valence-electron chi connectivity index (χ3n) is 4.87. The van der Waals surface area contributed by atoms with Gasteiger partial charge in [-0.25, -0.2) is 0 Å². The molecular formula is C19H26N2O2. The molecule has 0 radical (unpaired) electrons. The number of fused-ring (bicyclic) bond motifs is 3. The van der Waals surface area contributed by atoms with Crippen molar-refractivity contribution in [2.45, 2.75) is 58.6 Å². The number of nitrogens with one attached hydrogen (secondary N) is 2. The summed E-state index contributed by atoms with van der Waals surface area (Å²) in [4.78, 5) is 15.6. The molecule has 0 fully saturated rings. The zero-order chi connectivity index (χ0) is 16.6. The fourth-order valence-electron chi connectivity index (χ4n) is 3.37. The number of aromatic amines is 1. The van der Waals surface area contributed by atoms with Gasteiger partial charge in [0.15, 0.2) is 0 Å². The van der Waals surface area contributed by atoms with Gasteiger partial charge < -0.3 is 15.4 Å². The van der Waals surface area contributed by atoms with Crippen LogP contribution in [-0.4, -0.2) is 28.1 Å². The predicted octanol–water partition coefficient (Wildman–Crippen LogP) is 2.86. The average molecular weight is 314 g/mol. The summed E-state index contributed by atoms with van der Waals surface area (Å²) in [7, 11) is 0. The number of carbonyl (C=O) groups is 1. The quantitative estimate of drug-likeness (QED) is 0.812. The van der Waals surface area contributed by atoms with Crippen LogP contribution in [0.2, 0.25) is 0 Å². The summed E-state index contributed by atoms with van der Waals surface area (Å²) in [6.07, 6.45) is 2.39. The molecule has 23 heavy (non-hydrogen) atoms. The fraction of sp³-hybridized carbons (Fsp3) is 0.526. The van der Waals surface area contributed by atoms with Crippen LogP contribution in [0.25, 0.3) is 10.9 Å². The molecule has 2 aromatic rings. The summed E-state index contributed by atoms with van der Waals surface area (Å²) in [6, 6.07) is 6.64. The fourth-order valence-corrected chi connectivity index (χ4v) is 3.37. The second-order valence-corrected chi connectivity index (χ2v) is 7.15. The molecule has 1 heterocycles. The number of aryl methyl sites for hydroxylation is 2. The van der Waals surface area contributed by atoms with E-state index in [2.05, 4.69) is 35.4 Å². The second kappa shape index (κ2) is 6.36. The molecule has 4 heteroatoms. The lowest BCUT2D eigenvalue weighted by Crippen LogP contribution is -2.40. The molecule has 124 valence electrons. The Balaban J connectivity index is 1.71. The molecule has 1 aromatic carbocycles. The van der Waals surface area contributed by atoms with Gasteiger partial charge in [0, 0.05) is 22.6 Å². The Hall–Kier alpha value is -1.81. The lowest BCUT2D eigenvalue weighted by atomic mass is 9.91. The predicted molar refractivity (Wildman–Crippen MR) is 92.5 cm³/mol. The van der Waals surface area contributed by atoms with Crippen LogP contribution in [0.3, 0.4) is 0 Å². The maximum Gasteiger partial charge on any atom is 0.222 e. The molecular weight excluding hydrogens is 288 g/mol. The first-order valence-electron chi connectivity index (χ1n) is 8.51. The Morgan fingerprint density at radius 1 is 1.43 bits per heavy atom. The van der Waals surface area contributed by atoms with Crippen molar-refractivity contribution in [2.24, 2.45) is 5.92 Å². The van der Waals surface area contributed by atoms with E-state index in [0.717, 1.165) is 19.3 Å². The number of benzene rings is 1. The van der Waals surface area contributed by atoms with Crippen LogP contribution < -0.4 is 5.32 Å². The number of hydrogen-bond donors (Lipinski definition) is 3. The van der Waals surface area contributed by atoms with Gasteiger partial charge in [-0.15, -0.1) is 0 Å². The van der Waals surface area contributed by atoms with Crippen molar-refractivity contribution in [2.75, 3.05) is 0 Å². The van der Waals surface area contributed by atoms with Crippen molar-refractivity contribution in [1.29, 1.82) is 0 Å². The molecule has 1 aromatic heterocycles. The van der Waals surface area contributed by atoms with Gasteiger partial charge in [-0.3, -0.25) is 4.79 Å². The van der Waals surface area contributed by atoms with E-state index in [0.29, 0.717) is 0 Å². The van der Waals surface area contributed by atoms with Crippen molar-refractivity contribution in [3.05, 3.63) is 35.0 Å². The Labute approximate surface area is 137 Å². The van der Waals surface area contributed by atoms with Gasteiger partial charge in [-0.2, -0.15) is 0 Å². The number of aromatic nitrogens is 1. The van der Waals surface area contributed by atoms with Crippen LogP contribution >= 0.6 is 0 Å². The van der Waals surface area contributed by atoms with Crippen LogP contribution in [0.15, 0.2) is 18.2 Å². The van der Waals surface area contributed by atoms with Gasteiger partial charge >= 0.3 is 0 Å². The number of amides is 1. The summed E-state index contributed by atoms with van der Waals surface area (Å²) < 4.78 is 0. The van der Waals surface area contributed by atoms with E-state index in [1.807, 2.05) is 13.8 Å². The van der Waals surface area contributed by atoms with Crippen LogP contribution in [-0.2, 0) is 17.6 Å². The first kappa shape index (κ1) is 16.1. The molecule has 1 amide bonds. The Morgan fingerprint density at radius 2 is 2.22 bits per heavy atom. The number of H-pyrrole nitrogens is 1. The van der Waals surface area contributed by atoms with Gasteiger partial charge in [-0.05, 0) is 49.8 Å². The first-order valence-corrected chi connectivity index (χ1v) is 8.51. The molecule has 3 rings (SSSR count). The smallest absolute Gasteiger partial charge is 0.222 e. The highest BCUT2D eigenvalue weighted by Gasteiger charge is 2.24. The molecule has 0 saturated heterocycles. The molecule has 0 spiro atoms. The van der Waals surface area contributed by atoms with E-state index in [1.165, 1.54) is 27.7 Å². The molecule has 2 atom stereocenters. The van der Waals surface area contributed by atoms with Crippen LogP contribution in [0.5, 0.6) is 0 Å². The highest BCUT2D eigenvalue weighted by molar-refractivity contribution is 5.86. The van der Waals surface area contributed by atoms with Crippen LogP contribution in [0.1, 0.15) is 43.5 Å². The van der Waals surface area contributed by atoms with Crippen LogP contribution in [0, 0.1) is 12.8 Å². The zero-order valence-corrected chi connectivity index (χ0v) is 14.1. The number of rotatable bonds is 4. The number of aliphatic hydroxyl groups is 1. The van der Waals surface area contributed by atoms with Gasteiger partial charge in [-0.1, -0.05) is 25.5 Å². The summed E-state index contributed by atoms with van der Waals surface area (Å²) in [5, 5.41) is 14.2. The number of carbonyl (C=O) groups excluding carboxylic acids is 1. The van der Waals surface area contributed by atoms with E-state index in [1.54, 1.807) is 0 Å². The van der Waals surface area contributed by atoms with E-state index in [4.69, 9.17) is 0 Å². The molecule has 1 aliphatic carbocycles. The molecule has 1 aliphatic rings. The van der Waals surface area contributed by atoms with Gasteiger partial charge in [0.05, 0.1) is 12.5 Å². The summed E-state index contributed by atoms with van der Waals surface area (Å²) >= 11 is 0. The summed E-state index contributed by atoms with van der Waals surface area (Å²) in [5.41, 5.74) is 5.08. The minimum Gasteiger partial charge on any atom is -0.392 e. The maximum atomic E-state index is 12.1. The number of hydrogen-bond acceptors (Lipinski definition) is 2. The molecule has 3 N–H and O–H groups in total. The SMILES string of the molecule is Cc1ccc2[nH]c3c(c2c1)CC(NC(=O)CC(O)C(C)C)CC3. The molecule has 4 nitrogen and oxygen atoms in total. The van der Waals surface area contributed by atoms with Crippen molar-refractivity contribution >= 4 is 16.8 Å². The largest absolute Gasteiger partial charge is 0.392 e. The minimum atomic E-state index is -0.565. The molecule has 0 bridgehead atoms. The standard InChI is InChI=1S/C19H26N2O2/c1-11(2)18(22)10-19(23)20-13-5-7-17-15(9-13)14-8-12(3)4-6-16(14)21-17/h4,6,8,11,13,18,21-22H,5,7,9-10H2,1-3H3,(H,20,23). The highest BCUT2D eigenvalue weighted by Crippen LogP contribution is 2.30. The molecule has 2 unspecified atom stereocenters. The Bertz CT molecular complexity index is 717. The van der Waals surface area contributed by atoms with Crippen LogP contribution in [0.4, 0.5) is 0 Å². The zero-order valence-electron chi connectivity index (χ0n) is 14.1. The van der Waals surface area contributed by atoms with E-state index in [-0.39, 0.29) is 24.3 Å². The van der Waals surface area contributed by atoms with E-state index < -0.39 is 6.10 Å². The topological polar surface area (TPSA) is 65.1 Å². The number of aliphatic hydroxyl groups excluding tert-OH is 1. The highest BCUT2D eigenvalue weighted by atomic mass is 16.3. The summed E-state index contributed by atoms with van der Waals surface area (Å²) in [6.45, 7) is 5.96. The van der Waals surface area contributed by atoms with E-state index >= 15 is 0 Å². The molecule has 0 saturated carbocycles. The van der Waals surface area contributed by atoms with Crippen molar-refractivity contribution in [1.82, 2.24) is 10.3 Å². The van der Waals surface area contributed by atoms with Crippen molar-refractivity contribution in [3.63, 3.8) is 0 Å². The molecule has 0 aliphatic heterocycles.